The first-order valence-corrected chi connectivity index (χ1v) is 7.74. The molecule has 0 saturated heterocycles. The standard InChI is InChI=1S/C11H21N3O4S/c1-12-10(7-19-2)11(15)13-8-3-5-9(6-4-8)18-14(16)17/h8-10,12H,3-7H2,1-2H3,(H,13,15). The van der Waals surface area contributed by atoms with Gasteiger partial charge in [-0.25, -0.2) is 0 Å². The molecule has 0 heterocycles. The van der Waals surface area contributed by atoms with Crippen molar-refractivity contribution < 1.29 is 14.7 Å². The minimum Gasteiger partial charge on any atom is -0.352 e. The molecule has 1 fully saturated rings. The van der Waals surface area contributed by atoms with Crippen molar-refractivity contribution in [2.24, 2.45) is 0 Å². The molecular weight excluding hydrogens is 270 g/mol. The van der Waals surface area contributed by atoms with Gasteiger partial charge in [0, 0.05) is 11.8 Å². The summed E-state index contributed by atoms with van der Waals surface area (Å²) < 4.78 is 0. The highest BCUT2D eigenvalue weighted by Crippen LogP contribution is 2.21. The second kappa shape index (κ2) is 8.21. The topological polar surface area (TPSA) is 93.5 Å². The van der Waals surface area contributed by atoms with Crippen LogP contribution < -0.4 is 10.6 Å². The van der Waals surface area contributed by atoms with Crippen molar-refractivity contribution in [1.82, 2.24) is 10.6 Å². The summed E-state index contributed by atoms with van der Waals surface area (Å²) in [5, 5.41) is 15.5. The van der Waals surface area contributed by atoms with E-state index in [2.05, 4.69) is 15.5 Å². The number of nitrogens with one attached hydrogen (secondary N) is 2. The number of thioether (sulfide) groups is 1. The fraction of sp³-hybridized carbons (Fsp3) is 0.909. The van der Waals surface area contributed by atoms with Crippen molar-refractivity contribution >= 4 is 17.7 Å². The Morgan fingerprint density at radius 1 is 1.47 bits per heavy atom. The normalized spacial score (nSPS) is 24.5. The molecule has 0 bridgehead atoms. The average molecular weight is 291 g/mol. The lowest BCUT2D eigenvalue weighted by Gasteiger charge is -2.29. The van der Waals surface area contributed by atoms with Crippen LogP contribution in [0, 0.1) is 10.1 Å². The van der Waals surface area contributed by atoms with Crippen molar-refractivity contribution in [1.29, 1.82) is 0 Å². The number of rotatable bonds is 7. The van der Waals surface area contributed by atoms with Crippen LogP contribution in [0.2, 0.25) is 0 Å². The Morgan fingerprint density at radius 2 is 2.11 bits per heavy atom. The predicted molar refractivity (Wildman–Crippen MR) is 73.5 cm³/mol. The number of nitrogens with zero attached hydrogens (tertiary/aromatic N) is 1. The van der Waals surface area contributed by atoms with Crippen LogP contribution >= 0.6 is 11.8 Å². The second-order valence-corrected chi connectivity index (χ2v) is 5.52. The first-order chi connectivity index (χ1) is 9.06. The second-order valence-electron chi connectivity index (χ2n) is 4.61. The van der Waals surface area contributed by atoms with Crippen LogP contribution in [0.4, 0.5) is 0 Å². The lowest BCUT2D eigenvalue weighted by Crippen LogP contribution is -2.49. The summed E-state index contributed by atoms with van der Waals surface area (Å²) in [7, 11) is 1.77. The largest absolute Gasteiger partial charge is 0.352 e. The molecule has 1 aliphatic carbocycles. The van der Waals surface area contributed by atoms with Gasteiger partial charge in [0.1, 0.15) is 6.10 Å². The third-order valence-electron chi connectivity index (χ3n) is 3.25. The molecule has 19 heavy (non-hydrogen) atoms. The summed E-state index contributed by atoms with van der Waals surface area (Å²) in [4.78, 5) is 26.7. The Morgan fingerprint density at radius 3 is 2.58 bits per heavy atom. The molecule has 110 valence electrons. The maximum Gasteiger partial charge on any atom is 0.294 e. The van der Waals surface area contributed by atoms with Gasteiger partial charge in [-0.15, -0.1) is 10.1 Å². The molecule has 0 aromatic carbocycles. The van der Waals surface area contributed by atoms with E-state index in [9.17, 15) is 14.9 Å². The van der Waals surface area contributed by atoms with Gasteiger partial charge in [0.25, 0.3) is 5.09 Å². The van der Waals surface area contributed by atoms with Gasteiger partial charge in [-0.05, 0) is 39.0 Å². The molecule has 1 rings (SSSR count). The molecule has 2 N–H and O–H groups in total. The number of amides is 1. The van der Waals surface area contributed by atoms with E-state index in [0.717, 1.165) is 18.6 Å². The van der Waals surface area contributed by atoms with E-state index < -0.39 is 5.09 Å². The number of carbonyl (C=O) groups is 1. The minimum absolute atomic E-state index is 0.00417. The van der Waals surface area contributed by atoms with Crippen molar-refractivity contribution in [3.8, 4) is 0 Å². The molecule has 0 spiro atoms. The van der Waals surface area contributed by atoms with E-state index in [0.29, 0.717) is 12.8 Å². The van der Waals surface area contributed by atoms with Gasteiger partial charge in [-0.2, -0.15) is 11.8 Å². The molecule has 1 amide bonds. The first kappa shape index (κ1) is 16.0. The summed E-state index contributed by atoms with van der Waals surface area (Å²) in [6, 6.07) is -0.0976. The summed E-state index contributed by atoms with van der Waals surface area (Å²) in [6.45, 7) is 0. The number of carbonyl (C=O) groups excluding carboxylic acids is 1. The molecule has 1 aliphatic rings. The third-order valence-corrected chi connectivity index (χ3v) is 3.92. The van der Waals surface area contributed by atoms with E-state index in [1.54, 1.807) is 18.8 Å². The third kappa shape index (κ3) is 5.65. The molecule has 1 unspecified atom stereocenters. The van der Waals surface area contributed by atoms with Crippen LogP contribution in [0.3, 0.4) is 0 Å². The Hall–Kier alpha value is -1.02. The maximum absolute atomic E-state index is 12.0. The highest BCUT2D eigenvalue weighted by molar-refractivity contribution is 7.98. The quantitative estimate of drug-likeness (QED) is 0.526. The average Bonchev–Trinajstić information content (AvgIpc) is 2.37. The van der Waals surface area contributed by atoms with Crippen molar-refractivity contribution in [2.45, 2.75) is 43.9 Å². The molecular formula is C11H21N3O4S. The summed E-state index contributed by atoms with van der Waals surface area (Å²) >= 11 is 1.61. The van der Waals surface area contributed by atoms with Crippen LogP contribution in [0.5, 0.6) is 0 Å². The Bertz CT molecular complexity index is 308. The van der Waals surface area contributed by atoms with Crippen molar-refractivity contribution in [3.05, 3.63) is 10.1 Å². The van der Waals surface area contributed by atoms with Crippen LogP contribution in [0.15, 0.2) is 0 Å². The predicted octanol–water partition coefficient (Wildman–Crippen LogP) is 0.573. The first-order valence-electron chi connectivity index (χ1n) is 6.34. The van der Waals surface area contributed by atoms with E-state index in [4.69, 9.17) is 0 Å². The van der Waals surface area contributed by atoms with Gasteiger partial charge >= 0.3 is 0 Å². The highest BCUT2D eigenvalue weighted by Gasteiger charge is 2.26. The van der Waals surface area contributed by atoms with Crippen molar-refractivity contribution in [3.63, 3.8) is 0 Å². The lowest BCUT2D eigenvalue weighted by molar-refractivity contribution is -0.769. The zero-order valence-electron chi connectivity index (χ0n) is 11.3. The Labute approximate surface area is 116 Å². The SMILES string of the molecule is CNC(CSC)C(=O)NC1CCC(O[N+](=O)[O-])CC1. The van der Waals surface area contributed by atoms with E-state index >= 15 is 0 Å². The molecule has 7 nitrogen and oxygen atoms in total. The summed E-state index contributed by atoms with van der Waals surface area (Å²) in [5.41, 5.74) is 0. The van der Waals surface area contributed by atoms with Crippen molar-refractivity contribution in [2.75, 3.05) is 19.1 Å². The fourth-order valence-corrected chi connectivity index (χ4v) is 2.84. The Kier molecular flexibility index (Phi) is 6.93. The van der Waals surface area contributed by atoms with Crippen LogP contribution in [-0.2, 0) is 9.63 Å². The molecule has 0 aromatic rings. The number of hydrogen-bond donors (Lipinski definition) is 2. The molecule has 1 atom stereocenters. The van der Waals surface area contributed by atoms with Crippen LogP contribution in [-0.4, -0.2) is 48.2 Å². The minimum atomic E-state index is -0.737. The van der Waals surface area contributed by atoms with E-state index in [1.165, 1.54) is 0 Å². The van der Waals surface area contributed by atoms with Gasteiger partial charge in [0.15, 0.2) is 0 Å². The van der Waals surface area contributed by atoms with Gasteiger partial charge in [0.2, 0.25) is 5.91 Å². The summed E-state index contributed by atoms with van der Waals surface area (Å²) in [5.74, 6) is 0.720. The van der Waals surface area contributed by atoms with Gasteiger partial charge in [0.05, 0.1) is 6.04 Å². The smallest absolute Gasteiger partial charge is 0.294 e. The zero-order chi connectivity index (χ0) is 14.3. The number of hydrogen-bond acceptors (Lipinski definition) is 6. The van der Waals surface area contributed by atoms with Gasteiger partial charge < -0.3 is 15.5 Å². The maximum atomic E-state index is 12.0. The highest BCUT2D eigenvalue weighted by atomic mass is 32.2. The molecule has 0 aromatic heterocycles. The Balaban J connectivity index is 2.31. The van der Waals surface area contributed by atoms with Gasteiger partial charge in [-0.1, -0.05) is 0 Å². The van der Waals surface area contributed by atoms with Gasteiger partial charge in [-0.3, -0.25) is 4.79 Å². The number of likely N-dealkylation sites (N-methyl/N-ethyl adjacent to an activating group) is 1. The van der Waals surface area contributed by atoms with E-state index in [-0.39, 0.29) is 24.1 Å². The van der Waals surface area contributed by atoms with Crippen LogP contribution in [0.1, 0.15) is 25.7 Å². The fourth-order valence-electron chi connectivity index (χ4n) is 2.19. The van der Waals surface area contributed by atoms with Crippen LogP contribution in [0.25, 0.3) is 0 Å². The summed E-state index contributed by atoms with van der Waals surface area (Å²) in [6.07, 6.45) is 4.30. The monoisotopic (exact) mass is 291 g/mol. The molecule has 1 saturated carbocycles. The molecule has 0 radical (unpaired) electrons. The lowest BCUT2D eigenvalue weighted by atomic mass is 9.93. The van der Waals surface area contributed by atoms with E-state index in [1.807, 2.05) is 6.26 Å². The molecule has 8 heteroatoms. The molecule has 0 aliphatic heterocycles. The zero-order valence-corrected chi connectivity index (χ0v) is 12.1.